The molecule has 0 saturated carbocycles. The first kappa shape index (κ1) is 18.4. The van der Waals surface area contributed by atoms with Gasteiger partial charge in [-0.3, -0.25) is 4.79 Å². The second-order valence-corrected chi connectivity index (χ2v) is 6.15. The highest BCUT2D eigenvalue weighted by Gasteiger charge is 2.07. The van der Waals surface area contributed by atoms with Crippen molar-refractivity contribution in [3.8, 4) is 5.75 Å². The average molecular weight is 367 g/mol. The summed E-state index contributed by atoms with van der Waals surface area (Å²) in [5, 5.41) is 6.62. The third kappa shape index (κ3) is 5.32. The van der Waals surface area contributed by atoms with Crippen molar-refractivity contribution in [2.75, 3.05) is 17.2 Å². The maximum absolute atomic E-state index is 12.0. The zero-order valence-electron chi connectivity index (χ0n) is 13.6. The van der Waals surface area contributed by atoms with Crippen LogP contribution in [-0.2, 0) is 4.79 Å². The Labute approximate surface area is 152 Å². The van der Waals surface area contributed by atoms with E-state index < -0.39 is 0 Å². The number of carbonyl (C=O) groups excluding carboxylic acids is 1. The zero-order chi connectivity index (χ0) is 17.5. The molecule has 128 valence electrons. The summed E-state index contributed by atoms with van der Waals surface area (Å²) in [5.41, 5.74) is 1.33. The lowest BCUT2D eigenvalue weighted by molar-refractivity contribution is -0.114. The van der Waals surface area contributed by atoms with Gasteiger partial charge in [0.25, 0.3) is 0 Å². The van der Waals surface area contributed by atoms with Crippen LogP contribution in [0.25, 0.3) is 0 Å². The van der Waals surface area contributed by atoms with Gasteiger partial charge >= 0.3 is 0 Å². The monoisotopic (exact) mass is 366 g/mol. The van der Waals surface area contributed by atoms with Crippen molar-refractivity contribution in [3.63, 3.8) is 0 Å². The van der Waals surface area contributed by atoms with E-state index in [0.29, 0.717) is 21.4 Å². The largest absolute Gasteiger partial charge is 0.491 e. The van der Waals surface area contributed by atoms with E-state index in [9.17, 15) is 4.79 Å². The summed E-state index contributed by atoms with van der Waals surface area (Å²) in [5.74, 6) is 0.604. The Morgan fingerprint density at radius 2 is 1.88 bits per heavy atom. The van der Waals surface area contributed by atoms with E-state index in [1.807, 2.05) is 31.2 Å². The molecule has 0 fully saturated rings. The minimum atomic E-state index is -0.179. The third-order valence-corrected chi connectivity index (χ3v) is 4.26. The molecule has 0 aliphatic rings. The average Bonchev–Trinajstić information content (AvgIpc) is 2.58. The van der Waals surface area contributed by atoms with Crippen LogP contribution in [0.2, 0.25) is 10.0 Å². The molecule has 24 heavy (non-hydrogen) atoms. The SMILES string of the molecule is CCC(C)Oc1ccc(NC(=O)CNc2cccc(Cl)c2Cl)cc1. The first-order chi connectivity index (χ1) is 11.5. The van der Waals surface area contributed by atoms with Gasteiger partial charge in [-0.15, -0.1) is 0 Å². The highest BCUT2D eigenvalue weighted by Crippen LogP contribution is 2.29. The summed E-state index contributed by atoms with van der Waals surface area (Å²) in [4.78, 5) is 12.0. The highest BCUT2D eigenvalue weighted by atomic mass is 35.5. The molecular formula is C18H20Cl2N2O2. The van der Waals surface area contributed by atoms with Gasteiger partial charge in [0.15, 0.2) is 0 Å². The highest BCUT2D eigenvalue weighted by molar-refractivity contribution is 6.43. The number of hydrogen-bond acceptors (Lipinski definition) is 3. The Morgan fingerprint density at radius 1 is 1.17 bits per heavy atom. The van der Waals surface area contributed by atoms with Crippen molar-refractivity contribution in [2.24, 2.45) is 0 Å². The number of amides is 1. The van der Waals surface area contributed by atoms with E-state index in [1.54, 1.807) is 18.2 Å². The molecule has 0 heterocycles. The Hall–Kier alpha value is -1.91. The van der Waals surface area contributed by atoms with Gasteiger partial charge in [0.1, 0.15) is 5.75 Å². The molecule has 1 unspecified atom stereocenters. The molecule has 0 radical (unpaired) electrons. The lowest BCUT2D eigenvalue weighted by Crippen LogP contribution is -2.21. The fraction of sp³-hybridized carbons (Fsp3) is 0.278. The fourth-order valence-electron chi connectivity index (χ4n) is 1.95. The summed E-state index contributed by atoms with van der Waals surface area (Å²) >= 11 is 12.0. The number of ether oxygens (including phenoxy) is 1. The Balaban J connectivity index is 1.87. The molecule has 0 aliphatic heterocycles. The van der Waals surface area contributed by atoms with Gasteiger partial charge in [0.05, 0.1) is 28.4 Å². The van der Waals surface area contributed by atoms with Crippen molar-refractivity contribution in [2.45, 2.75) is 26.4 Å². The molecule has 0 aliphatic carbocycles. The summed E-state index contributed by atoms with van der Waals surface area (Å²) in [6.07, 6.45) is 1.10. The van der Waals surface area contributed by atoms with Crippen LogP contribution >= 0.6 is 23.2 Å². The molecule has 2 rings (SSSR count). The molecule has 2 aromatic rings. The van der Waals surface area contributed by atoms with E-state index in [4.69, 9.17) is 27.9 Å². The number of anilines is 2. The molecular weight excluding hydrogens is 347 g/mol. The Morgan fingerprint density at radius 3 is 2.54 bits per heavy atom. The summed E-state index contributed by atoms with van der Waals surface area (Å²) in [7, 11) is 0. The minimum absolute atomic E-state index is 0.0885. The number of rotatable bonds is 7. The van der Waals surface area contributed by atoms with Crippen LogP contribution < -0.4 is 15.4 Å². The molecule has 6 heteroatoms. The molecule has 2 aromatic carbocycles. The van der Waals surface area contributed by atoms with Crippen LogP contribution in [0, 0.1) is 0 Å². The normalized spacial score (nSPS) is 11.7. The van der Waals surface area contributed by atoms with E-state index >= 15 is 0 Å². The third-order valence-electron chi connectivity index (χ3n) is 3.44. The van der Waals surface area contributed by atoms with Crippen LogP contribution in [0.15, 0.2) is 42.5 Å². The number of benzene rings is 2. The topological polar surface area (TPSA) is 50.4 Å². The van der Waals surface area contributed by atoms with E-state index in [0.717, 1.165) is 12.2 Å². The molecule has 0 bridgehead atoms. The molecule has 0 aromatic heterocycles. The maximum atomic E-state index is 12.0. The Kier molecular flexibility index (Phi) is 6.76. The quantitative estimate of drug-likeness (QED) is 0.705. The van der Waals surface area contributed by atoms with E-state index in [1.165, 1.54) is 0 Å². The maximum Gasteiger partial charge on any atom is 0.243 e. The first-order valence-electron chi connectivity index (χ1n) is 7.74. The Bertz CT molecular complexity index is 690. The van der Waals surface area contributed by atoms with Crippen LogP contribution in [-0.4, -0.2) is 18.6 Å². The molecule has 2 N–H and O–H groups in total. The fourth-order valence-corrected chi connectivity index (χ4v) is 2.32. The van der Waals surface area contributed by atoms with Crippen LogP contribution in [0.4, 0.5) is 11.4 Å². The molecule has 0 spiro atoms. The van der Waals surface area contributed by atoms with Gasteiger partial charge < -0.3 is 15.4 Å². The summed E-state index contributed by atoms with van der Waals surface area (Å²) in [6.45, 7) is 4.17. The first-order valence-corrected chi connectivity index (χ1v) is 8.49. The second kappa shape index (κ2) is 8.81. The van der Waals surface area contributed by atoms with Crippen LogP contribution in [0.5, 0.6) is 5.75 Å². The van der Waals surface area contributed by atoms with Gasteiger partial charge in [-0.05, 0) is 49.7 Å². The van der Waals surface area contributed by atoms with E-state index in [2.05, 4.69) is 17.6 Å². The van der Waals surface area contributed by atoms with Gasteiger partial charge in [-0.1, -0.05) is 36.2 Å². The molecule has 0 saturated heterocycles. The van der Waals surface area contributed by atoms with Crippen LogP contribution in [0.1, 0.15) is 20.3 Å². The predicted octanol–water partition coefficient (Wildman–Crippen LogP) is 5.22. The van der Waals surface area contributed by atoms with Gasteiger partial charge in [-0.2, -0.15) is 0 Å². The van der Waals surface area contributed by atoms with Gasteiger partial charge in [0, 0.05) is 5.69 Å². The van der Waals surface area contributed by atoms with Crippen molar-refractivity contribution in [3.05, 3.63) is 52.5 Å². The lowest BCUT2D eigenvalue weighted by atomic mass is 10.2. The zero-order valence-corrected chi connectivity index (χ0v) is 15.1. The van der Waals surface area contributed by atoms with Gasteiger partial charge in [0.2, 0.25) is 5.91 Å². The van der Waals surface area contributed by atoms with E-state index in [-0.39, 0.29) is 18.6 Å². The number of nitrogens with one attached hydrogen (secondary N) is 2. The summed E-state index contributed by atoms with van der Waals surface area (Å²) in [6, 6.07) is 12.5. The number of hydrogen-bond donors (Lipinski definition) is 2. The number of halogens is 2. The number of carbonyl (C=O) groups is 1. The minimum Gasteiger partial charge on any atom is -0.491 e. The van der Waals surface area contributed by atoms with Crippen molar-refractivity contribution < 1.29 is 9.53 Å². The van der Waals surface area contributed by atoms with Crippen molar-refractivity contribution in [1.82, 2.24) is 0 Å². The smallest absolute Gasteiger partial charge is 0.243 e. The lowest BCUT2D eigenvalue weighted by Gasteiger charge is -2.13. The summed E-state index contributed by atoms with van der Waals surface area (Å²) < 4.78 is 5.70. The van der Waals surface area contributed by atoms with Crippen molar-refractivity contribution >= 4 is 40.5 Å². The predicted molar refractivity (Wildman–Crippen MR) is 100 cm³/mol. The second-order valence-electron chi connectivity index (χ2n) is 5.36. The molecule has 4 nitrogen and oxygen atoms in total. The van der Waals surface area contributed by atoms with Gasteiger partial charge in [-0.25, -0.2) is 0 Å². The standard InChI is InChI=1S/C18H20Cl2N2O2/c1-3-12(2)24-14-9-7-13(8-10-14)22-17(23)11-21-16-6-4-5-15(19)18(16)20/h4-10,12,21H,3,11H2,1-2H3,(H,22,23). The van der Waals surface area contributed by atoms with Crippen molar-refractivity contribution in [1.29, 1.82) is 0 Å². The van der Waals surface area contributed by atoms with Crippen LogP contribution in [0.3, 0.4) is 0 Å². The molecule has 1 amide bonds. The molecule has 1 atom stereocenters.